The minimum absolute atomic E-state index is 0.0248. The number of hydrogen-bond acceptors (Lipinski definition) is 3. The van der Waals surface area contributed by atoms with Gasteiger partial charge in [-0.05, 0) is 18.2 Å². The maximum Gasteiger partial charge on any atom is 0.223 e. The fourth-order valence-electron chi connectivity index (χ4n) is 2.61. The highest BCUT2D eigenvalue weighted by molar-refractivity contribution is 5.76. The zero-order valence-corrected chi connectivity index (χ0v) is 14.6. The first-order chi connectivity index (χ1) is 12.9. The highest BCUT2D eigenvalue weighted by Gasteiger charge is 2.15. The monoisotopic (exact) mass is 374 g/mol. The van der Waals surface area contributed by atoms with Gasteiger partial charge in [-0.25, -0.2) is 18.2 Å². The lowest BCUT2D eigenvalue weighted by molar-refractivity contribution is -0.130. The molecule has 0 saturated carbocycles. The molecular weight excluding hydrogens is 357 g/mol. The van der Waals surface area contributed by atoms with E-state index in [1.54, 1.807) is 18.2 Å². The zero-order valence-electron chi connectivity index (χ0n) is 14.6. The van der Waals surface area contributed by atoms with Crippen LogP contribution in [0.25, 0.3) is 11.3 Å². The molecule has 0 aliphatic carbocycles. The summed E-state index contributed by atoms with van der Waals surface area (Å²) in [5, 5.41) is 0. The molecule has 0 atom stereocenters. The number of hydrogen-bond donors (Lipinski definition) is 0. The van der Waals surface area contributed by atoms with Crippen LogP contribution in [0.5, 0.6) is 0 Å². The third-order valence-electron chi connectivity index (χ3n) is 4.09. The van der Waals surface area contributed by atoms with Gasteiger partial charge in [0, 0.05) is 38.1 Å². The molecule has 0 radical (unpaired) electrons. The van der Waals surface area contributed by atoms with Crippen LogP contribution in [0.3, 0.4) is 0 Å². The SMILES string of the molecule is CN(Cc1ccc(F)cc1F)C(=O)CCc1ncc(-c2ccccc2F)o1. The average Bonchev–Trinajstić information content (AvgIpc) is 3.11. The lowest BCUT2D eigenvalue weighted by atomic mass is 10.2. The van der Waals surface area contributed by atoms with Crippen molar-refractivity contribution in [2.45, 2.75) is 19.4 Å². The molecule has 0 fully saturated rings. The molecule has 140 valence electrons. The molecule has 4 nitrogen and oxygen atoms in total. The van der Waals surface area contributed by atoms with Crippen molar-refractivity contribution in [1.29, 1.82) is 0 Å². The Morgan fingerprint density at radius 1 is 1.11 bits per heavy atom. The molecule has 1 heterocycles. The Labute approximate surface area is 154 Å². The second-order valence-electron chi connectivity index (χ2n) is 6.08. The molecule has 1 aromatic heterocycles. The summed E-state index contributed by atoms with van der Waals surface area (Å²) in [6.45, 7) is 0.0248. The molecule has 27 heavy (non-hydrogen) atoms. The van der Waals surface area contributed by atoms with Crippen molar-refractivity contribution >= 4 is 5.91 Å². The minimum Gasteiger partial charge on any atom is -0.441 e. The van der Waals surface area contributed by atoms with Crippen molar-refractivity contribution in [3.05, 3.63) is 77.6 Å². The second-order valence-corrected chi connectivity index (χ2v) is 6.08. The van der Waals surface area contributed by atoms with E-state index in [0.717, 1.165) is 12.1 Å². The first kappa shape index (κ1) is 18.7. The highest BCUT2D eigenvalue weighted by Crippen LogP contribution is 2.23. The molecule has 0 unspecified atom stereocenters. The van der Waals surface area contributed by atoms with E-state index in [9.17, 15) is 18.0 Å². The van der Waals surface area contributed by atoms with E-state index in [0.29, 0.717) is 11.5 Å². The Bertz CT molecular complexity index is 956. The van der Waals surface area contributed by atoms with Gasteiger partial charge in [-0.15, -0.1) is 0 Å². The van der Waals surface area contributed by atoms with Crippen molar-refractivity contribution in [3.63, 3.8) is 0 Å². The molecule has 3 rings (SSSR count). The van der Waals surface area contributed by atoms with E-state index < -0.39 is 17.5 Å². The van der Waals surface area contributed by atoms with Gasteiger partial charge in [0.25, 0.3) is 0 Å². The molecule has 0 bridgehead atoms. The van der Waals surface area contributed by atoms with Gasteiger partial charge < -0.3 is 9.32 Å². The maximum absolute atomic E-state index is 13.8. The fourth-order valence-corrected chi connectivity index (χ4v) is 2.61. The molecule has 7 heteroatoms. The Kier molecular flexibility index (Phi) is 5.59. The van der Waals surface area contributed by atoms with E-state index in [2.05, 4.69) is 4.98 Å². The normalized spacial score (nSPS) is 10.8. The van der Waals surface area contributed by atoms with Gasteiger partial charge in [-0.1, -0.05) is 18.2 Å². The van der Waals surface area contributed by atoms with Crippen LogP contribution >= 0.6 is 0 Å². The summed E-state index contributed by atoms with van der Waals surface area (Å²) in [6, 6.07) is 9.41. The molecule has 0 spiro atoms. The van der Waals surface area contributed by atoms with Crippen molar-refractivity contribution in [3.8, 4) is 11.3 Å². The van der Waals surface area contributed by atoms with Crippen molar-refractivity contribution < 1.29 is 22.4 Å². The van der Waals surface area contributed by atoms with E-state index >= 15 is 0 Å². The molecular formula is C20H17F3N2O2. The number of aromatic nitrogens is 1. The average molecular weight is 374 g/mol. The van der Waals surface area contributed by atoms with Crippen LogP contribution in [0.4, 0.5) is 13.2 Å². The lowest BCUT2D eigenvalue weighted by Crippen LogP contribution is -2.26. The first-order valence-electron chi connectivity index (χ1n) is 8.31. The smallest absolute Gasteiger partial charge is 0.223 e. The van der Waals surface area contributed by atoms with Gasteiger partial charge in [0.2, 0.25) is 5.91 Å². The number of nitrogens with zero attached hydrogens (tertiary/aromatic N) is 2. The number of oxazole rings is 1. The van der Waals surface area contributed by atoms with Gasteiger partial charge in [-0.3, -0.25) is 4.79 Å². The maximum atomic E-state index is 13.8. The minimum atomic E-state index is -0.697. The molecule has 0 N–H and O–H groups in total. The number of aryl methyl sites for hydroxylation is 1. The molecule has 1 amide bonds. The zero-order chi connectivity index (χ0) is 19.4. The topological polar surface area (TPSA) is 46.3 Å². The number of carbonyl (C=O) groups excluding carboxylic acids is 1. The van der Waals surface area contributed by atoms with Gasteiger partial charge in [0.1, 0.15) is 17.5 Å². The number of carbonyl (C=O) groups is 1. The summed E-state index contributed by atoms with van der Waals surface area (Å²) in [5.74, 6) is -1.43. The van der Waals surface area contributed by atoms with Gasteiger partial charge in [0.05, 0.1) is 11.8 Å². The number of amides is 1. The van der Waals surface area contributed by atoms with Crippen LogP contribution < -0.4 is 0 Å². The Morgan fingerprint density at radius 3 is 2.63 bits per heavy atom. The van der Waals surface area contributed by atoms with E-state index in [4.69, 9.17) is 4.42 Å². The quantitative estimate of drug-likeness (QED) is 0.644. The highest BCUT2D eigenvalue weighted by atomic mass is 19.1. The Balaban J connectivity index is 1.58. The summed E-state index contributed by atoms with van der Waals surface area (Å²) in [4.78, 5) is 17.6. The van der Waals surface area contributed by atoms with E-state index in [1.165, 1.54) is 30.3 Å². The molecule has 0 aliphatic rings. The van der Waals surface area contributed by atoms with Crippen LogP contribution in [-0.2, 0) is 17.8 Å². The van der Waals surface area contributed by atoms with Gasteiger partial charge >= 0.3 is 0 Å². The summed E-state index contributed by atoms with van der Waals surface area (Å²) in [5.41, 5.74) is 0.525. The van der Waals surface area contributed by atoms with Crippen molar-refractivity contribution in [1.82, 2.24) is 9.88 Å². The summed E-state index contributed by atoms with van der Waals surface area (Å²) < 4.78 is 45.9. The third-order valence-corrected chi connectivity index (χ3v) is 4.09. The summed E-state index contributed by atoms with van der Waals surface area (Å²) >= 11 is 0. The van der Waals surface area contributed by atoms with Crippen LogP contribution in [0, 0.1) is 17.5 Å². The van der Waals surface area contributed by atoms with Crippen LogP contribution in [0.1, 0.15) is 17.9 Å². The standard InChI is InChI=1S/C20H17F3N2O2/c1-25(12-13-6-7-14(21)10-17(13)23)20(26)9-8-19-24-11-18(27-19)15-4-2-3-5-16(15)22/h2-7,10-11H,8-9,12H2,1H3. The number of benzene rings is 2. The first-order valence-corrected chi connectivity index (χ1v) is 8.31. The number of rotatable bonds is 6. The van der Waals surface area contributed by atoms with E-state index in [-0.39, 0.29) is 36.6 Å². The predicted octanol–water partition coefficient (Wildman–Crippen LogP) is 4.35. The molecule has 0 aliphatic heterocycles. The number of halogens is 3. The largest absolute Gasteiger partial charge is 0.441 e. The molecule has 0 saturated heterocycles. The Morgan fingerprint density at radius 2 is 1.89 bits per heavy atom. The second kappa shape index (κ2) is 8.07. The van der Waals surface area contributed by atoms with Crippen LogP contribution in [0.2, 0.25) is 0 Å². The Hall–Kier alpha value is -3.09. The van der Waals surface area contributed by atoms with Crippen LogP contribution in [-0.4, -0.2) is 22.8 Å². The lowest BCUT2D eigenvalue weighted by Gasteiger charge is -2.17. The van der Waals surface area contributed by atoms with Gasteiger partial charge in [-0.2, -0.15) is 0 Å². The third kappa shape index (κ3) is 4.55. The van der Waals surface area contributed by atoms with E-state index in [1.807, 2.05) is 0 Å². The van der Waals surface area contributed by atoms with Gasteiger partial charge in [0.15, 0.2) is 11.7 Å². The predicted molar refractivity (Wildman–Crippen MR) is 93.1 cm³/mol. The summed E-state index contributed by atoms with van der Waals surface area (Å²) in [7, 11) is 1.53. The fraction of sp³-hybridized carbons (Fsp3) is 0.200. The van der Waals surface area contributed by atoms with Crippen LogP contribution in [0.15, 0.2) is 53.1 Å². The molecule has 3 aromatic rings. The van der Waals surface area contributed by atoms with Crippen molar-refractivity contribution in [2.75, 3.05) is 7.05 Å². The van der Waals surface area contributed by atoms with Crippen molar-refractivity contribution in [2.24, 2.45) is 0 Å². The molecule has 2 aromatic carbocycles. The summed E-state index contributed by atoms with van der Waals surface area (Å²) in [6.07, 6.45) is 1.73.